The molecule has 2 fully saturated rings. The van der Waals surface area contributed by atoms with Gasteiger partial charge in [0.25, 0.3) is 0 Å². The second-order valence-corrected chi connectivity index (χ2v) is 7.98. The summed E-state index contributed by atoms with van der Waals surface area (Å²) in [7, 11) is 0. The first-order valence-electron chi connectivity index (χ1n) is 10.8. The van der Waals surface area contributed by atoms with Gasteiger partial charge in [0.05, 0.1) is 0 Å². The molecule has 2 aliphatic rings. The maximum Gasteiger partial charge on any atom is 0.315 e. The van der Waals surface area contributed by atoms with Gasteiger partial charge in [0, 0.05) is 51.7 Å². The highest BCUT2D eigenvalue weighted by Gasteiger charge is 2.21. The van der Waals surface area contributed by atoms with Crippen LogP contribution in [0.2, 0.25) is 0 Å². The number of carbonyl (C=O) groups is 2. The highest BCUT2D eigenvalue weighted by molar-refractivity contribution is 5.76. The fourth-order valence-electron chi connectivity index (χ4n) is 4.06. The van der Waals surface area contributed by atoms with Crippen molar-refractivity contribution in [3.63, 3.8) is 0 Å². The highest BCUT2D eigenvalue weighted by Crippen LogP contribution is 2.14. The fraction of sp³-hybridized carbons (Fsp3) is 0.636. The van der Waals surface area contributed by atoms with Crippen molar-refractivity contribution in [2.45, 2.75) is 57.5 Å². The van der Waals surface area contributed by atoms with Crippen LogP contribution in [-0.4, -0.2) is 60.5 Å². The SMILES string of the molecule is O=C(NCCCN1CCCCCC1=O)NC1CCN(Cc2ccccc2)CC1. The van der Waals surface area contributed by atoms with Crippen LogP contribution in [-0.2, 0) is 11.3 Å². The summed E-state index contributed by atoms with van der Waals surface area (Å²) < 4.78 is 0. The molecule has 2 heterocycles. The van der Waals surface area contributed by atoms with Gasteiger partial charge in [0.15, 0.2) is 0 Å². The van der Waals surface area contributed by atoms with Gasteiger partial charge in [-0.05, 0) is 37.7 Å². The Bertz CT molecular complexity index is 614. The predicted octanol–water partition coefficient (Wildman–Crippen LogP) is 2.74. The maximum atomic E-state index is 12.1. The number of likely N-dealkylation sites (tertiary alicyclic amines) is 2. The predicted molar refractivity (Wildman–Crippen MR) is 111 cm³/mol. The molecule has 0 aliphatic carbocycles. The Morgan fingerprint density at radius 2 is 1.82 bits per heavy atom. The lowest BCUT2D eigenvalue weighted by Crippen LogP contribution is -2.48. The largest absolute Gasteiger partial charge is 0.343 e. The summed E-state index contributed by atoms with van der Waals surface area (Å²) in [6.45, 7) is 5.23. The molecule has 154 valence electrons. The first kappa shape index (κ1) is 20.6. The summed E-state index contributed by atoms with van der Waals surface area (Å²) in [5, 5.41) is 6.05. The molecule has 0 spiro atoms. The lowest BCUT2D eigenvalue weighted by Gasteiger charge is -2.32. The summed E-state index contributed by atoms with van der Waals surface area (Å²) in [6, 6.07) is 10.7. The molecule has 2 aliphatic heterocycles. The molecule has 0 saturated carbocycles. The van der Waals surface area contributed by atoms with Crippen LogP contribution in [0.25, 0.3) is 0 Å². The number of hydrogen-bond donors (Lipinski definition) is 2. The fourth-order valence-corrected chi connectivity index (χ4v) is 4.06. The quantitative estimate of drug-likeness (QED) is 0.708. The third-order valence-electron chi connectivity index (χ3n) is 5.73. The van der Waals surface area contributed by atoms with E-state index in [2.05, 4.69) is 39.8 Å². The molecule has 1 aromatic rings. The number of hydrogen-bond acceptors (Lipinski definition) is 3. The third kappa shape index (κ3) is 6.82. The van der Waals surface area contributed by atoms with Gasteiger partial charge in [-0.25, -0.2) is 4.79 Å². The first-order chi connectivity index (χ1) is 13.7. The Morgan fingerprint density at radius 1 is 1.04 bits per heavy atom. The van der Waals surface area contributed by atoms with Crippen molar-refractivity contribution in [2.24, 2.45) is 0 Å². The van der Waals surface area contributed by atoms with Crippen molar-refractivity contribution in [1.29, 1.82) is 0 Å². The van der Waals surface area contributed by atoms with E-state index in [4.69, 9.17) is 0 Å². The van der Waals surface area contributed by atoms with Crippen molar-refractivity contribution < 1.29 is 9.59 Å². The van der Waals surface area contributed by atoms with Crippen molar-refractivity contribution >= 4 is 11.9 Å². The number of benzene rings is 1. The summed E-state index contributed by atoms with van der Waals surface area (Å²) in [5.41, 5.74) is 1.34. The molecule has 2 saturated heterocycles. The van der Waals surface area contributed by atoms with Crippen LogP contribution in [0, 0.1) is 0 Å². The van der Waals surface area contributed by atoms with Gasteiger partial charge in [0.1, 0.15) is 0 Å². The summed E-state index contributed by atoms with van der Waals surface area (Å²) in [5.74, 6) is 0.268. The number of urea groups is 1. The molecule has 28 heavy (non-hydrogen) atoms. The average Bonchev–Trinajstić information content (AvgIpc) is 2.92. The lowest BCUT2D eigenvalue weighted by atomic mass is 10.0. The van der Waals surface area contributed by atoms with Gasteiger partial charge >= 0.3 is 6.03 Å². The molecule has 0 aromatic heterocycles. The molecule has 3 amide bonds. The minimum Gasteiger partial charge on any atom is -0.343 e. The Balaban J connectivity index is 1.27. The number of amides is 3. The summed E-state index contributed by atoms with van der Waals surface area (Å²) >= 11 is 0. The molecular formula is C22H34N4O2. The van der Waals surface area contributed by atoms with E-state index in [0.717, 1.165) is 71.2 Å². The van der Waals surface area contributed by atoms with Crippen LogP contribution in [0.1, 0.15) is 50.5 Å². The Hall–Kier alpha value is -2.08. The summed E-state index contributed by atoms with van der Waals surface area (Å²) in [6.07, 6.45) is 6.73. The average molecular weight is 387 g/mol. The van der Waals surface area contributed by atoms with E-state index in [1.165, 1.54) is 5.56 Å². The number of rotatable bonds is 7. The molecule has 2 N–H and O–H groups in total. The van der Waals surface area contributed by atoms with E-state index in [-0.39, 0.29) is 18.0 Å². The Kier molecular flexibility index (Phi) is 8.15. The third-order valence-corrected chi connectivity index (χ3v) is 5.73. The smallest absolute Gasteiger partial charge is 0.315 e. The summed E-state index contributed by atoms with van der Waals surface area (Å²) in [4.78, 5) is 28.5. The molecule has 0 bridgehead atoms. The van der Waals surface area contributed by atoms with Gasteiger partial charge in [-0.2, -0.15) is 0 Å². The van der Waals surface area contributed by atoms with E-state index in [9.17, 15) is 9.59 Å². The van der Waals surface area contributed by atoms with Gasteiger partial charge < -0.3 is 15.5 Å². The molecule has 6 heteroatoms. The second kappa shape index (κ2) is 11.1. The normalized spacial score (nSPS) is 19.3. The minimum atomic E-state index is -0.0799. The first-order valence-corrected chi connectivity index (χ1v) is 10.8. The molecule has 0 unspecified atom stereocenters. The van der Waals surface area contributed by atoms with Crippen LogP contribution in [0.5, 0.6) is 0 Å². The van der Waals surface area contributed by atoms with E-state index in [0.29, 0.717) is 13.0 Å². The van der Waals surface area contributed by atoms with Gasteiger partial charge in [-0.15, -0.1) is 0 Å². The zero-order valence-corrected chi connectivity index (χ0v) is 16.9. The monoisotopic (exact) mass is 386 g/mol. The van der Waals surface area contributed by atoms with Gasteiger partial charge in [0.2, 0.25) is 5.91 Å². The van der Waals surface area contributed by atoms with Crippen LogP contribution in [0.4, 0.5) is 4.79 Å². The van der Waals surface area contributed by atoms with Crippen LogP contribution in [0.15, 0.2) is 30.3 Å². The number of carbonyl (C=O) groups excluding carboxylic acids is 2. The zero-order chi connectivity index (χ0) is 19.6. The Labute approximate surface area is 168 Å². The number of nitrogens with one attached hydrogen (secondary N) is 2. The van der Waals surface area contributed by atoms with Gasteiger partial charge in [-0.1, -0.05) is 36.8 Å². The minimum absolute atomic E-state index is 0.0799. The van der Waals surface area contributed by atoms with Crippen LogP contribution >= 0.6 is 0 Å². The molecule has 0 radical (unpaired) electrons. The van der Waals surface area contributed by atoms with Gasteiger partial charge in [-0.3, -0.25) is 9.69 Å². The lowest BCUT2D eigenvalue weighted by molar-refractivity contribution is -0.130. The van der Waals surface area contributed by atoms with Crippen LogP contribution < -0.4 is 10.6 Å². The van der Waals surface area contributed by atoms with E-state index < -0.39 is 0 Å². The molecule has 3 rings (SSSR count). The van der Waals surface area contributed by atoms with E-state index in [1.54, 1.807) is 0 Å². The Morgan fingerprint density at radius 3 is 2.61 bits per heavy atom. The van der Waals surface area contributed by atoms with Crippen molar-refractivity contribution in [1.82, 2.24) is 20.4 Å². The second-order valence-electron chi connectivity index (χ2n) is 7.98. The molecule has 6 nitrogen and oxygen atoms in total. The molecule has 0 atom stereocenters. The molecule has 1 aromatic carbocycles. The van der Waals surface area contributed by atoms with E-state index >= 15 is 0 Å². The topological polar surface area (TPSA) is 64.7 Å². The van der Waals surface area contributed by atoms with Crippen LogP contribution in [0.3, 0.4) is 0 Å². The van der Waals surface area contributed by atoms with Crippen molar-refractivity contribution in [3.05, 3.63) is 35.9 Å². The highest BCUT2D eigenvalue weighted by atomic mass is 16.2. The standard InChI is InChI=1S/C22H34N4O2/c27-21-10-5-2-6-14-26(21)15-7-13-23-22(28)24-20-11-16-25(17-12-20)18-19-8-3-1-4-9-19/h1,3-4,8-9,20H,2,5-7,10-18H2,(H2,23,24,28). The molecular weight excluding hydrogens is 352 g/mol. The number of piperidine rings is 1. The van der Waals surface area contributed by atoms with Crippen molar-refractivity contribution in [3.8, 4) is 0 Å². The zero-order valence-electron chi connectivity index (χ0n) is 16.9. The maximum absolute atomic E-state index is 12.1. The van der Waals surface area contributed by atoms with Crippen molar-refractivity contribution in [2.75, 3.05) is 32.7 Å². The number of nitrogens with zero attached hydrogens (tertiary/aromatic N) is 2. The van der Waals surface area contributed by atoms with E-state index in [1.807, 2.05) is 11.0 Å².